The number of fused-ring (bicyclic) bond motifs is 4. The van der Waals surface area contributed by atoms with Crippen molar-refractivity contribution in [2.75, 3.05) is 51.3 Å². The number of nitrogens with two attached hydrogens (primary N) is 1. The number of ether oxygens (including phenoxy) is 2. The number of benzene rings is 1. The highest BCUT2D eigenvalue weighted by Gasteiger charge is 2.45. The number of imide groups is 2. The third-order valence-corrected chi connectivity index (χ3v) is 13.1. The Kier molecular flexibility index (Phi) is 11.2. The number of hydrogen-bond donors (Lipinski definition) is 4. The van der Waals surface area contributed by atoms with E-state index in [1.165, 1.54) is 17.3 Å². The van der Waals surface area contributed by atoms with Crippen molar-refractivity contribution < 1.29 is 43.3 Å². The van der Waals surface area contributed by atoms with Gasteiger partial charge in [-0.3, -0.25) is 43.9 Å². The molecule has 3 aromatic rings. The summed E-state index contributed by atoms with van der Waals surface area (Å²) in [6, 6.07) is 4.22. The Morgan fingerprint density at radius 2 is 1.79 bits per heavy atom. The molecule has 18 heteroatoms. The third-order valence-electron chi connectivity index (χ3n) is 11.9. The highest BCUT2D eigenvalue weighted by molar-refractivity contribution is 7.19. The fourth-order valence-electron chi connectivity index (χ4n) is 8.94. The van der Waals surface area contributed by atoms with Crippen molar-refractivity contribution in [2.45, 2.75) is 88.0 Å². The lowest BCUT2D eigenvalue weighted by atomic mass is 9.91. The maximum atomic E-state index is 13.3. The maximum Gasteiger partial charge on any atom is 0.264 e. The van der Waals surface area contributed by atoms with Crippen molar-refractivity contribution in [3.63, 3.8) is 0 Å². The van der Waals surface area contributed by atoms with Crippen LogP contribution in [0.25, 0.3) is 10.2 Å². The molecule has 1 unspecified atom stereocenters. The molecule has 0 spiro atoms. The number of aryl methyl sites for hydroxylation is 1. The summed E-state index contributed by atoms with van der Waals surface area (Å²) in [6.07, 6.45) is 6.15. The predicted octanol–water partition coefficient (Wildman–Crippen LogP) is 1.32. The molecule has 5 aliphatic rings. The first-order valence-electron chi connectivity index (χ1n) is 19.7. The van der Waals surface area contributed by atoms with Gasteiger partial charge in [0.15, 0.2) is 0 Å². The van der Waals surface area contributed by atoms with E-state index >= 15 is 0 Å². The molecule has 1 saturated carbocycles. The van der Waals surface area contributed by atoms with E-state index in [0.717, 1.165) is 72.3 Å². The molecular weight excluding hydrogens is 757 g/mol. The van der Waals surface area contributed by atoms with Crippen molar-refractivity contribution in [1.29, 1.82) is 0 Å². The molecule has 3 fully saturated rings. The topological polar surface area (TPSA) is 227 Å². The zero-order chi connectivity index (χ0) is 39.8. The zero-order valence-electron chi connectivity index (χ0n) is 31.4. The van der Waals surface area contributed by atoms with Crippen LogP contribution in [0, 0.1) is 0 Å². The molecule has 8 rings (SSSR count). The Hall–Kier alpha value is -5.04. The van der Waals surface area contributed by atoms with Crippen molar-refractivity contribution in [2.24, 2.45) is 5.73 Å². The first kappa shape index (κ1) is 38.8. The minimum atomic E-state index is -1.20. The monoisotopic (exact) mass is 802 g/mol. The van der Waals surface area contributed by atoms with Crippen LogP contribution in [0.4, 0.5) is 5.69 Å². The molecule has 57 heavy (non-hydrogen) atoms. The number of nitrogens with zero attached hydrogens (tertiary/aromatic N) is 5. The van der Waals surface area contributed by atoms with Crippen molar-refractivity contribution in [1.82, 2.24) is 30.0 Å². The summed E-state index contributed by atoms with van der Waals surface area (Å²) in [5.41, 5.74) is 7.22. The lowest BCUT2D eigenvalue weighted by Gasteiger charge is -2.41. The van der Waals surface area contributed by atoms with Crippen LogP contribution in [-0.4, -0.2) is 135 Å². The average Bonchev–Trinajstić information content (AvgIpc) is 3.85. The van der Waals surface area contributed by atoms with Gasteiger partial charge >= 0.3 is 0 Å². The maximum absolute atomic E-state index is 13.3. The normalized spacial score (nSPS) is 24.4. The van der Waals surface area contributed by atoms with Gasteiger partial charge in [0.1, 0.15) is 36.0 Å². The van der Waals surface area contributed by atoms with Crippen LogP contribution in [0.2, 0.25) is 0 Å². The summed E-state index contributed by atoms with van der Waals surface area (Å²) in [5, 5.41) is 16.4. The molecule has 5 N–H and O–H groups in total. The van der Waals surface area contributed by atoms with Gasteiger partial charge in [-0.2, -0.15) is 0 Å². The molecule has 1 aromatic carbocycles. The van der Waals surface area contributed by atoms with Crippen LogP contribution < -0.4 is 21.1 Å². The van der Waals surface area contributed by atoms with Gasteiger partial charge in [-0.15, -0.1) is 11.3 Å². The second-order valence-electron chi connectivity index (χ2n) is 15.3. The summed E-state index contributed by atoms with van der Waals surface area (Å²) >= 11 is 1.62. The van der Waals surface area contributed by atoms with Gasteiger partial charge in [-0.25, -0.2) is 9.97 Å². The van der Waals surface area contributed by atoms with Gasteiger partial charge in [0.25, 0.3) is 11.8 Å². The summed E-state index contributed by atoms with van der Waals surface area (Å²) < 4.78 is 12.2. The van der Waals surface area contributed by atoms with Crippen molar-refractivity contribution in [3.05, 3.63) is 46.1 Å². The first-order valence-corrected chi connectivity index (χ1v) is 20.5. The number of nitrogens with one attached hydrogen (secondary N) is 2. The van der Waals surface area contributed by atoms with Gasteiger partial charge in [0.2, 0.25) is 29.5 Å². The lowest BCUT2D eigenvalue weighted by molar-refractivity contribution is -0.138. The van der Waals surface area contributed by atoms with E-state index in [4.69, 9.17) is 15.2 Å². The Bertz CT molecular complexity index is 2090. The number of amides is 6. The quantitative estimate of drug-likeness (QED) is 0.142. The highest BCUT2D eigenvalue weighted by atomic mass is 32.1. The Morgan fingerprint density at radius 3 is 2.54 bits per heavy atom. The van der Waals surface area contributed by atoms with Gasteiger partial charge in [-0.05, 0) is 75.0 Å². The van der Waals surface area contributed by atoms with Crippen molar-refractivity contribution >= 4 is 62.7 Å². The second kappa shape index (κ2) is 16.4. The van der Waals surface area contributed by atoms with Crippen LogP contribution in [0.1, 0.15) is 88.4 Å². The van der Waals surface area contributed by atoms with Crippen LogP contribution >= 0.6 is 11.3 Å². The molecule has 2 aromatic heterocycles. The summed E-state index contributed by atoms with van der Waals surface area (Å²) in [6.45, 7) is 3.17. The Balaban J connectivity index is 0.762. The standard InChI is InChI=1S/C39H46N8O9S/c40-34(51)27(48)18-21-4-10-28-31(21)33-36(42-20-43-37(33)57-28)56-23-7-5-22(6-8-23)45-13-15-46(16-14-45)30(50)19-55-17-12-41-25-3-1-2-24-32(25)39(54)47(38(24)53)26-9-11-29(49)44-35(26)52/h1-3,20-23,26-27,41,48H,4-19H2,(H2,40,51)(H,44,49,52)/t21-,22?,23?,26?,27+/m1/s1. The predicted molar refractivity (Wildman–Crippen MR) is 206 cm³/mol. The number of aromatic nitrogens is 2. The molecule has 3 atom stereocenters. The van der Waals surface area contributed by atoms with E-state index in [1.54, 1.807) is 23.5 Å². The fraction of sp³-hybridized carbons (Fsp3) is 0.538. The van der Waals surface area contributed by atoms with E-state index in [9.17, 15) is 33.9 Å². The second-order valence-corrected chi connectivity index (χ2v) is 16.4. The number of piperidine rings is 1. The number of anilines is 1. The van der Waals surface area contributed by atoms with Crippen LogP contribution in [-0.2, 0) is 30.3 Å². The zero-order valence-corrected chi connectivity index (χ0v) is 32.3. The fourth-order valence-corrected chi connectivity index (χ4v) is 10.2. The highest BCUT2D eigenvalue weighted by Crippen LogP contribution is 2.48. The molecule has 6 amide bonds. The van der Waals surface area contributed by atoms with E-state index in [-0.39, 0.29) is 68.1 Å². The number of aliphatic hydroxyl groups is 1. The molecule has 0 radical (unpaired) electrons. The Morgan fingerprint density at radius 1 is 1.00 bits per heavy atom. The molecule has 5 heterocycles. The largest absolute Gasteiger partial charge is 0.474 e. The van der Waals surface area contributed by atoms with Gasteiger partial charge in [0.05, 0.1) is 23.1 Å². The minimum Gasteiger partial charge on any atom is -0.474 e. The molecule has 2 aliphatic carbocycles. The lowest BCUT2D eigenvalue weighted by Crippen LogP contribution is -2.54. The van der Waals surface area contributed by atoms with Crippen LogP contribution in [0.3, 0.4) is 0 Å². The SMILES string of the molecule is NC(=O)[C@@H](O)C[C@H]1CCc2sc3ncnc(OC4CCC(N5CCN(C(=O)COCCNc6cccc7c6C(=O)N(C6CCC(=O)NC6=O)C7=O)CC5)CC4)c3c21. The minimum absolute atomic E-state index is 0.000304. The molecule has 0 bridgehead atoms. The molecule has 302 valence electrons. The third kappa shape index (κ3) is 7.82. The van der Waals surface area contributed by atoms with E-state index < -0.39 is 41.7 Å². The number of hydrogen-bond acceptors (Lipinski definition) is 14. The molecule has 17 nitrogen and oxygen atoms in total. The van der Waals surface area contributed by atoms with Crippen molar-refractivity contribution in [3.8, 4) is 5.88 Å². The number of aliphatic hydroxyl groups excluding tert-OH is 1. The number of piperazine rings is 1. The first-order chi connectivity index (χ1) is 27.6. The van der Waals surface area contributed by atoms with Gasteiger partial charge < -0.3 is 30.5 Å². The van der Waals surface area contributed by atoms with E-state index in [0.29, 0.717) is 30.7 Å². The number of carbonyl (C=O) groups is 6. The van der Waals surface area contributed by atoms with Crippen LogP contribution in [0.15, 0.2) is 24.5 Å². The van der Waals surface area contributed by atoms with E-state index in [1.807, 2.05) is 4.90 Å². The molecule has 3 aliphatic heterocycles. The number of carbonyl (C=O) groups excluding carboxylic acids is 6. The molecule has 2 saturated heterocycles. The number of thiophene rings is 1. The van der Waals surface area contributed by atoms with Gasteiger partial charge in [0, 0.05) is 55.8 Å². The Labute approximate surface area is 332 Å². The average molecular weight is 803 g/mol. The van der Waals surface area contributed by atoms with Crippen LogP contribution in [0.5, 0.6) is 5.88 Å². The molecular formula is C39H46N8O9S. The summed E-state index contributed by atoms with van der Waals surface area (Å²) in [5.74, 6) is -2.49. The number of primary amides is 1. The number of rotatable bonds is 13. The summed E-state index contributed by atoms with van der Waals surface area (Å²) in [7, 11) is 0. The smallest absolute Gasteiger partial charge is 0.264 e. The summed E-state index contributed by atoms with van der Waals surface area (Å²) in [4.78, 5) is 91.3. The van der Waals surface area contributed by atoms with Gasteiger partial charge in [-0.1, -0.05) is 6.07 Å². The van der Waals surface area contributed by atoms with E-state index in [2.05, 4.69) is 25.5 Å².